The summed E-state index contributed by atoms with van der Waals surface area (Å²) in [4.78, 5) is 0. The van der Waals surface area contributed by atoms with Crippen molar-refractivity contribution >= 4 is 29.6 Å². The molecule has 0 atom stereocenters. The average molecular weight is 163 g/mol. The maximum atomic E-state index is 2.18. The van der Waals surface area contributed by atoms with Gasteiger partial charge < -0.3 is 0 Å². The number of benzene rings is 2. The van der Waals surface area contributed by atoms with Gasteiger partial charge in [-0.2, -0.15) is 0 Å². The Morgan fingerprint density at radius 2 is 1.85 bits per heavy atom. The molecular weight excluding hydrogens is 155 g/mol. The predicted octanol–water partition coefficient (Wildman–Crippen LogP) is 2.15. The smallest absolute Gasteiger partial charge is 0.116 e. The lowest BCUT2D eigenvalue weighted by Crippen LogP contribution is -2.10. The van der Waals surface area contributed by atoms with Gasteiger partial charge in [0, 0.05) is 0 Å². The molecule has 0 spiro atoms. The zero-order valence-electron chi connectivity index (χ0n) is 7.20. The van der Waals surface area contributed by atoms with Gasteiger partial charge in [-0.1, -0.05) is 47.9 Å². The molecule has 0 unspecified atom stereocenters. The van der Waals surface area contributed by atoms with E-state index < -0.39 is 0 Å². The molecule has 1 heterocycles. The Labute approximate surface area is 78.1 Å². The van der Waals surface area contributed by atoms with Gasteiger partial charge in [-0.3, -0.25) is 0 Å². The van der Waals surface area contributed by atoms with Crippen molar-refractivity contribution in [2.24, 2.45) is 0 Å². The van der Waals surface area contributed by atoms with Crippen molar-refractivity contribution in [1.82, 2.24) is 0 Å². The standard InChI is InChI=1S/C12H8B/c1-2-4-10-9(3-1)5-6-12-11(10)7-8-13-12/h1-8H. The van der Waals surface area contributed by atoms with Crippen LogP contribution in [-0.4, -0.2) is 7.28 Å². The maximum Gasteiger partial charge on any atom is 0.182 e. The molecule has 0 bridgehead atoms. The number of hydrogen-bond acceptors (Lipinski definition) is 0. The highest BCUT2D eigenvalue weighted by atomic mass is 14.0. The van der Waals surface area contributed by atoms with E-state index in [0.717, 1.165) is 0 Å². The molecule has 2 aromatic carbocycles. The van der Waals surface area contributed by atoms with Crippen LogP contribution in [0.25, 0.3) is 16.8 Å². The van der Waals surface area contributed by atoms with Crippen molar-refractivity contribution in [1.29, 1.82) is 0 Å². The summed E-state index contributed by atoms with van der Waals surface area (Å²) >= 11 is 0. The summed E-state index contributed by atoms with van der Waals surface area (Å²) in [5.41, 5.74) is 2.69. The third kappa shape index (κ3) is 0.935. The Morgan fingerprint density at radius 1 is 0.923 bits per heavy atom. The molecule has 0 saturated heterocycles. The van der Waals surface area contributed by atoms with Crippen LogP contribution in [0.1, 0.15) is 5.56 Å². The van der Waals surface area contributed by atoms with Crippen molar-refractivity contribution in [2.75, 3.05) is 0 Å². The topological polar surface area (TPSA) is 0 Å². The fourth-order valence-electron chi connectivity index (χ4n) is 1.89. The van der Waals surface area contributed by atoms with Gasteiger partial charge in [0.1, 0.15) is 0 Å². The highest BCUT2D eigenvalue weighted by Crippen LogP contribution is 2.20. The van der Waals surface area contributed by atoms with Crippen LogP contribution in [0.3, 0.4) is 0 Å². The van der Waals surface area contributed by atoms with Gasteiger partial charge in [-0.15, -0.1) is 5.98 Å². The summed E-state index contributed by atoms with van der Waals surface area (Å²) in [5, 5.41) is 2.67. The summed E-state index contributed by atoms with van der Waals surface area (Å²) in [5.74, 6) is 2.11. The Balaban J connectivity index is 2.49. The van der Waals surface area contributed by atoms with Gasteiger partial charge in [-0.25, -0.2) is 0 Å². The molecular formula is C12H8B. The molecule has 0 fully saturated rings. The van der Waals surface area contributed by atoms with Crippen molar-refractivity contribution in [2.45, 2.75) is 0 Å². The molecule has 1 radical (unpaired) electrons. The quantitative estimate of drug-likeness (QED) is 0.522. The second kappa shape index (κ2) is 2.49. The molecule has 2 aromatic rings. The van der Waals surface area contributed by atoms with E-state index in [9.17, 15) is 0 Å². The summed E-state index contributed by atoms with van der Waals surface area (Å²) < 4.78 is 0. The fraction of sp³-hybridized carbons (Fsp3) is 0. The molecule has 13 heavy (non-hydrogen) atoms. The first-order valence-corrected chi connectivity index (χ1v) is 4.48. The molecule has 1 aliphatic rings. The number of rotatable bonds is 0. The molecule has 59 valence electrons. The highest BCUT2D eigenvalue weighted by molar-refractivity contribution is 6.63. The molecule has 1 aliphatic heterocycles. The lowest BCUT2D eigenvalue weighted by molar-refractivity contribution is 1.76. The third-order valence-corrected chi connectivity index (χ3v) is 2.54. The van der Waals surface area contributed by atoms with Gasteiger partial charge in [0.15, 0.2) is 7.28 Å². The highest BCUT2D eigenvalue weighted by Gasteiger charge is 2.08. The second-order valence-electron chi connectivity index (χ2n) is 3.32. The van der Waals surface area contributed by atoms with E-state index in [0.29, 0.717) is 0 Å². The molecule has 0 aromatic heterocycles. The van der Waals surface area contributed by atoms with Crippen LogP contribution in [0.2, 0.25) is 0 Å². The van der Waals surface area contributed by atoms with E-state index in [-0.39, 0.29) is 0 Å². The zero-order chi connectivity index (χ0) is 8.67. The normalized spacial score (nSPS) is 12.9. The zero-order valence-corrected chi connectivity index (χ0v) is 7.20. The third-order valence-electron chi connectivity index (χ3n) is 2.54. The van der Waals surface area contributed by atoms with Gasteiger partial charge in [0.2, 0.25) is 0 Å². The van der Waals surface area contributed by atoms with Crippen LogP contribution >= 0.6 is 0 Å². The van der Waals surface area contributed by atoms with Crippen LogP contribution in [0.5, 0.6) is 0 Å². The van der Waals surface area contributed by atoms with Gasteiger partial charge >= 0.3 is 0 Å². The Kier molecular flexibility index (Phi) is 1.34. The molecule has 0 nitrogen and oxygen atoms in total. The van der Waals surface area contributed by atoms with Gasteiger partial charge in [0.05, 0.1) is 0 Å². The largest absolute Gasteiger partial charge is 0.182 e. The first kappa shape index (κ1) is 6.96. The summed E-state index contributed by atoms with van der Waals surface area (Å²) in [6, 6.07) is 12.9. The first-order chi connectivity index (χ1) is 6.45. The fourth-order valence-corrected chi connectivity index (χ4v) is 1.89. The van der Waals surface area contributed by atoms with Crippen molar-refractivity contribution < 1.29 is 0 Å². The van der Waals surface area contributed by atoms with Crippen LogP contribution in [0, 0.1) is 0 Å². The van der Waals surface area contributed by atoms with Gasteiger partial charge in [0.25, 0.3) is 0 Å². The second-order valence-corrected chi connectivity index (χ2v) is 3.32. The van der Waals surface area contributed by atoms with E-state index in [1.807, 2.05) is 0 Å². The molecule has 3 rings (SSSR count). The summed E-state index contributed by atoms with van der Waals surface area (Å²) in [6.45, 7) is 0. The van der Waals surface area contributed by atoms with E-state index in [1.54, 1.807) is 0 Å². The minimum atomic E-state index is 1.32. The first-order valence-electron chi connectivity index (χ1n) is 4.48. The average Bonchev–Trinajstić information content (AvgIpc) is 2.65. The van der Waals surface area contributed by atoms with E-state index in [2.05, 4.69) is 55.7 Å². The van der Waals surface area contributed by atoms with Gasteiger partial charge in [-0.05, 0) is 16.3 Å². The van der Waals surface area contributed by atoms with Crippen molar-refractivity contribution in [3.8, 4) is 0 Å². The van der Waals surface area contributed by atoms with Crippen molar-refractivity contribution in [3.05, 3.63) is 47.9 Å². The van der Waals surface area contributed by atoms with Crippen LogP contribution in [-0.2, 0) is 0 Å². The lowest BCUT2D eigenvalue weighted by atomic mass is 9.73. The van der Waals surface area contributed by atoms with Crippen LogP contribution in [0.4, 0.5) is 0 Å². The summed E-state index contributed by atoms with van der Waals surface area (Å²) in [7, 11) is 2.15. The minimum absolute atomic E-state index is 1.32. The monoisotopic (exact) mass is 163 g/mol. The SMILES string of the molecule is [B]1C=Cc2c1ccc1ccccc21. The molecule has 0 amide bonds. The molecule has 0 saturated carbocycles. The Morgan fingerprint density at radius 3 is 2.85 bits per heavy atom. The van der Waals surface area contributed by atoms with Crippen LogP contribution in [0.15, 0.2) is 42.4 Å². The van der Waals surface area contributed by atoms with Crippen molar-refractivity contribution in [3.63, 3.8) is 0 Å². The maximum absolute atomic E-state index is 2.18. The summed E-state index contributed by atoms with van der Waals surface area (Å²) in [6.07, 6.45) is 2.18. The minimum Gasteiger partial charge on any atom is -0.116 e. The Bertz CT molecular complexity index is 497. The van der Waals surface area contributed by atoms with E-state index >= 15 is 0 Å². The molecule has 0 N–H and O–H groups in total. The number of hydrogen-bond donors (Lipinski definition) is 0. The predicted molar refractivity (Wildman–Crippen MR) is 58.4 cm³/mol. The van der Waals surface area contributed by atoms with E-state index in [1.165, 1.54) is 21.8 Å². The Hall–Kier alpha value is -1.50. The molecule has 0 aliphatic carbocycles. The van der Waals surface area contributed by atoms with E-state index in [4.69, 9.17) is 0 Å². The lowest BCUT2D eigenvalue weighted by Gasteiger charge is -2.03. The number of fused-ring (bicyclic) bond motifs is 3. The van der Waals surface area contributed by atoms with Crippen LogP contribution < -0.4 is 5.46 Å². The molecule has 1 heteroatoms.